The summed E-state index contributed by atoms with van der Waals surface area (Å²) in [5.41, 5.74) is 2.59. The number of carboxylic acid groups (broad SMARTS) is 1. The number of nitrogens with zero attached hydrogens (tertiary/aromatic N) is 5. The molecule has 2 saturated heterocycles. The summed E-state index contributed by atoms with van der Waals surface area (Å²) in [6.07, 6.45) is 3.56. The number of anilines is 2. The van der Waals surface area contributed by atoms with E-state index in [1.54, 1.807) is 19.4 Å². The number of thiocarbonyl (C=S) groups is 1. The fraction of sp³-hybridized carbons (Fsp3) is 0.321. The Balaban J connectivity index is 1.46. The van der Waals surface area contributed by atoms with Crippen molar-refractivity contribution in [3.05, 3.63) is 69.0 Å². The molecule has 0 aliphatic carbocycles. The van der Waals surface area contributed by atoms with Gasteiger partial charge in [0.05, 0.1) is 17.6 Å². The molecule has 208 valence electrons. The third-order valence-corrected chi connectivity index (χ3v) is 8.30. The number of carbonyl (C=O) groups excluding carboxylic acids is 1. The lowest BCUT2D eigenvalue weighted by Gasteiger charge is -2.37. The fourth-order valence-electron chi connectivity index (χ4n) is 4.80. The molecular formula is C28H29N5O5S2. The first kappa shape index (κ1) is 27.7. The van der Waals surface area contributed by atoms with E-state index in [1.807, 2.05) is 43.3 Å². The molecule has 2 aliphatic rings. The van der Waals surface area contributed by atoms with Crippen molar-refractivity contribution in [2.45, 2.75) is 19.8 Å². The van der Waals surface area contributed by atoms with Crippen LogP contribution in [0.1, 0.15) is 24.0 Å². The first-order valence-electron chi connectivity index (χ1n) is 12.9. The SMILES string of the molecule is COc1ccc(N2CCN(c3nc4ccc(C)cn4c(=O)c3/C=C3\SC(=S)N(CCCC(=O)O)C3=O)CC2)cc1. The highest BCUT2D eigenvalue weighted by molar-refractivity contribution is 8.26. The normalized spacial score (nSPS) is 16.9. The van der Waals surface area contributed by atoms with Crippen LogP contribution in [0, 0.1) is 6.92 Å². The Morgan fingerprint density at radius 2 is 1.80 bits per heavy atom. The van der Waals surface area contributed by atoms with Crippen molar-refractivity contribution in [1.82, 2.24) is 14.3 Å². The second kappa shape index (κ2) is 11.7. The van der Waals surface area contributed by atoms with Gasteiger partial charge >= 0.3 is 5.97 Å². The van der Waals surface area contributed by atoms with Crippen LogP contribution in [-0.2, 0) is 9.59 Å². The molecule has 0 spiro atoms. The Morgan fingerprint density at radius 3 is 2.48 bits per heavy atom. The molecule has 0 atom stereocenters. The molecule has 5 rings (SSSR count). The van der Waals surface area contributed by atoms with Crippen LogP contribution in [-0.4, -0.2) is 75.4 Å². The number of hydrogen-bond acceptors (Lipinski definition) is 9. The highest BCUT2D eigenvalue weighted by atomic mass is 32.2. The Hall–Kier alpha value is -3.90. The first-order valence-corrected chi connectivity index (χ1v) is 14.1. The van der Waals surface area contributed by atoms with E-state index in [-0.39, 0.29) is 30.9 Å². The largest absolute Gasteiger partial charge is 0.497 e. The molecule has 40 heavy (non-hydrogen) atoms. The molecular weight excluding hydrogens is 550 g/mol. The summed E-state index contributed by atoms with van der Waals surface area (Å²) < 4.78 is 7.12. The van der Waals surface area contributed by atoms with E-state index in [4.69, 9.17) is 27.0 Å². The third kappa shape index (κ3) is 5.68. The number of fused-ring (bicyclic) bond motifs is 1. The van der Waals surface area contributed by atoms with E-state index in [1.165, 1.54) is 9.30 Å². The molecule has 0 saturated carbocycles. The Kier molecular flexibility index (Phi) is 8.08. The zero-order valence-corrected chi connectivity index (χ0v) is 23.8. The van der Waals surface area contributed by atoms with Crippen molar-refractivity contribution in [3.63, 3.8) is 0 Å². The minimum absolute atomic E-state index is 0.0575. The molecule has 12 heteroatoms. The zero-order valence-electron chi connectivity index (χ0n) is 22.2. The molecule has 3 aromatic rings. The summed E-state index contributed by atoms with van der Waals surface area (Å²) in [6, 6.07) is 11.7. The van der Waals surface area contributed by atoms with Gasteiger partial charge in [-0.3, -0.25) is 23.7 Å². The predicted molar refractivity (Wildman–Crippen MR) is 160 cm³/mol. The molecule has 2 fully saturated rings. The van der Waals surface area contributed by atoms with Crippen LogP contribution in [0.25, 0.3) is 11.7 Å². The van der Waals surface area contributed by atoms with Crippen LogP contribution in [0.2, 0.25) is 0 Å². The van der Waals surface area contributed by atoms with Crippen molar-refractivity contribution in [3.8, 4) is 5.75 Å². The molecule has 1 N–H and O–H groups in total. The Bertz CT molecular complexity index is 1560. The van der Waals surface area contributed by atoms with Gasteiger partial charge in [-0.2, -0.15) is 0 Å². The molecule has 0 bridgehead atoms. The van der Waals surface area contributed by atoms with Gasteiger partial charge in [-0.1, -0.05) is 30.0 Å². The topological polar surface area (TPSA) is 108 Å². The highest BCUT2D eigenvalue weighted by Crippen LogP contribution is 2.34. The van der Waals surface area contributed by atoms with E-state index in [0.717, 1.165) is 41.9 Å². The summed E-state index contributed by atoms with van der Waals surface area (Å²) in [6.45, 7) is 4.84. The van der Waals surface area contributed by atoms with Gasteiger partial charge in [-0.05, 0) is 55.3 Å². The second-order valence-electron chi connectivity index (χ2n) is 9.59. The van der Waals surface area contributed by atoms with Crippen LogP contribution in [0.5, 0.6) is 5.75 Å². The summed E-state index contributed by atoms with van der Waals surface area (Å²) in [4.78, 5) is 48.9. The quantitative estimate of drug-likeness (QED) is 0.315. The van der Waals surface area contributed by atoms with Crippen LogP contribution in [0.4, 0.5) is 11.5 Å². The molecule has 4 heterocycles. The average Bonchev–Trinajstić information content (AvgIpc) is 3.22. The number of ether oxygens (including phenoxy) is 1. The van der Waals surface area contributed by atoms with E-state index in [9.17, 15) is 14.4 Å². The number of aliphatic carboxylic acids is 1. The number of aryl methyl sites for hydroxylation is 1. The van der Waals surface area contributed by atoms with Gasteiger partial charge < -0.3 is 19.6 Å². The number of thioether (sulfide) groups is 1. The molecule has 1 aromatic carbocycles. The number of piperazine rings is 1. The number of methoxy groups -OCH3 is 1. The van der Waals surface area contributed by atoms with Gasteiger partial charge in [-0.25, -0.2) is 4.98 Å². The van der Waals surface area contributed by atoms with Crippen LogP contribution >= 0.6 is 24.0 Å². The number of carboxylic acids is 1. The first-order chi connectivity index (χ1) is 19.2. The van der Waals surface area contributed by atoms with Crippen LogP contribution in [0.15, 0.2) is 52.3 Å². The second-order valence-corrected chi connectivity index (χ2v) is 11.3. The minimum Gasteiger partial charge on any atom is -0.497 e. The number of rotatable bonds is 8. The van der Waals surface area contributed by atoms with Crippen molar-refractivity contribution in [2.75, 3.05) is 49.6 Å². The summed E-state index contributed by atoms with van der Waals surface area (Å²) >= 11 is 6.52. The standard InChI is InChI=1S/C28H29N5O5S2/c1-18-5-10-23-29-25(31-14-12-30(13-15-31)19-6-8-20(38-2)9-7-19)21(26(36)33(23)17-18)16-22-27(37)32(28(39)40-22)11-3-4-24(34)35/h5-10,16-17H,3-4,11-15H2,1-2H3,(H,34,35)/b22-16-. The monoisotopic (exact) mass is 579 g/mol. The summed E-state index contributed by atoms with van der Waals surface area (Å²) in [5, 5.41) is 8.95. The maximum Gasteiger partial charge on any atom is 0.303 e. The fourth-order valence-corrected chi connectivity index (χ4v) is 6.09. The predicted octanol–water partition coefficient (Wildman–Crippen LogP) is 3.40. The van der Waals surface area contributed by atoms with E-state index >= 15 is 0 Å². The Labute approximate surface area is 240 Å². The number of hydrogen-bond donors (Lipinski definition) is 1. The lowest BCUT2D eigenvalue weighted by atomic mass is 10.2. The number of aromatic nitrogens is 2. The van der Waals surface area contributed by atoms with Gasteiger partial charge in [0.15, 0.2) is 0 Å². The number of amides is 1. The van der Waals surface area contributed by atoms with Gasteiger partial charge in [0.2, 0.25) is 0 Å². The van der Waals surface area contributed by atoms with Gasteiger partial charge in [0.25, 0.3) is 11.5 Å². The van der Waals surface area contributed by atoms with Crippen molar-refractivity contribution < 1.29 is 19.4 Å². The number of pyridine rings is 1. The summed E-state index contributed by atoms with van der Waals surface area (Å²) in [5.74, 6) is 0.0717. The molecule has 0 radical (unpaired) electrons. The van der Waals surface area contributed by atoms with Crippen molar-refractivity contribution in [2.24, 2.45) is 0 Å². The third-order valence-electron chi connectivity index (χ3n) is 6.92. The molecule has 1 amide bonds. The maximum atomic E-state index is 13.8. The van der Waals surface area contributed by atoms with E-state index < -0.39 is 5.97 Å². The smallest absolute Gasteiger partial charge is 0.303 e. The lowest BCUT2D eigenvalue weighted by Crippen LogP contribution is -2.47. The zero-order chi connectivity index (χ0) is 28.4. The minimum atomic E-state index is -0.928. The van der Waals surface area contributed by atoms with E-state index in [0.29, 0.717) is 39.3 Å². The van der Waals surface area contributed by atoms with Gasteiger partial charge in [-0.15, -0.1) is 0 Å². The highest BCUT2D eigenvalue weighted by Gasteiger charge is 2.33. The maximum absolute atomic E-state index is 13.8. The lowest BCUT2D eigenvalue weighted by molar-refractivity contribution is -0.137. The molecule has 2 aromatic heterocycles. The van der Waals surface area contributed by atoms with Crippen LogP contribution in [0.3, 0.4) is 0 Å². The Morgan fingerprint density at radius 1 is 1.10 bits per heavy atom. The number of benzene rings is 1. The molecule has 2 aliphatic heterocycles. The molecule has 10 nitrogen and oxygen atoms in total. The number of carbonyl (C=O) groups is 2. The van der Waals surface area contributed by atoms with Crippen molar-refractivity contribution >= 4 is 63.4 Å². The average molecular weight is 580 g/mol. The van der Waals surface area contributed by atoms with Gasteiger partial charge in [0, 0.05) is 51.0 Å². The summed E-state index contributed by atoms with van der Waals surface area (Å²) in [7, 11) is 1.64. The molecule has 0 unspecified atom stereocenters. The van der Waals surface area contributed by atoms with Crippen LogP contribution < -0.4 is 20.1 Å². The van der Waals surface area contributed by atoms with E-state index in [2.05, 4.69) is 9.80 Å². The van der Waals surface area contributed by atoms with Gasteiger partial charge in [0.1, 0.15) is 21.5 Å². The van der Waals surface area contributed by atoms with Crippen molar-refractivity contribution in [1.29, 1.82) is 0 Å².